The van der Waals surface area contributed by atoms with Gasteiger partial charge in [0.1, 0.15) is 5.82 Å². The largest absolute Gasteiger partial charge is 0.276 e. The molecule has 0 aliphatic carbocycles. The van der Waals surface area contributed by atoms with Gasteiger partial charge < -0.3 is 0 Å². The van der Waals surface area contributed by atoms with Crippen molar-refractivity contribution in [1.82, 2.24) is 18.9 Å². The first-order valence-corrected chi connectivity index (χ1v) is 11.5. The number of sulfonamides is 1. The number of hydrogen-bond acceptors (Lipinski definition) is 5. The summed E-state index contributed by atoms with van der Waals surface area (Å²) in [4.78, 5) is 0.175. The molecule has 0 fully saturated rings. The third-order valence-corrected chi connectivity index (χ3v) is 7.57. The molecule has 0 bridgehead atoms. The Morgan fingerprint density at radius 3 is 2.63 bits per heavy atom. The first-order valence-electron chi connectivity index (χ1n) is 8.28. The highest BCUT2D eigenvalue weighted by Gasteiger charge is 2.22. The lowest BCUT2D eigenvalue weighted by molar-refractivity contribution is 0.445. The Bertz CT molecular complexity index is 1070. The molecule has 0 amide bonds. The van der Waals surface area contributed by atoms with Gasteiger partial charge in [-0.1, -0.05) is 41.5 Å². The minimum Gasteiger partial charge on any atom is -0.276 e. The molecule has 2 aromatic heterocycles. The van der Waals surface area contributed by atoms with Gasteiger partial charge in [0.2, 0.25) is 10.0 Å². The van der Waals surface area contributed by atoms with Crippen LogP contribution < -0.4 is 0 Å². The fourth-order valence-corrected chi connectivity index (χ4v) is 5.36. The van der Waals surface area contributed by atoms with E-state index >= 15 is 0 Å². The minimum absolute atomic E-state index is 0.175. The van der Waals surface area contributed by atoms with E-state index in [-0.39, 0.29) is 10.7 Å². The second-order valence-corrected chi connectivity index (χ2v) is 9.49. The van der Waals surface area contributed by atoms with Gasteiger partial charge in [0.25, 0.3) is 0 Å². The van der Waals surface area contributed by atoms with Crippen LogP contribution >= 0.6 is 27.7 Å². The van der Waals surface area contributed by atoms with Crippen LogP contribution in [0.25, 0.3) is 5.65 Å². The molecule has 1 aromatic carbocycles. The summed E-state index contributed by atoms with van der Waals surface area (Å²) >= 11 is 4.62. The zero-order chi connectivity index (χ0) is 19.6. The zero-order valence-electron chi connectivity index (χ0n) is 14.8. The lowest BCUT2D eigenvalue weighted by Gasteiger charge is -2.18. The van der Waals surface area contributed by atoms with E-state index in [2.05, 4.69) is 26.1 Å². The highest BCUT2D eigenvalue weighted by Crippen LogP contribution is 2.26. The third kappa shape index (κ3) is 4.18. The van der Waals surface area contributed by atoms with E-state index in [9.17, 15) is 12.8 Å². The summed E-state index contributed by atoms with van der Waals surface area (Å²) in [6.45, 7) is 4.38. The first kappa shape index (κ1) is 20.2. The number of benzene rings is 1. The van der Waals surface area contributed by atoms with Crippen LogP contribution in [0.3, 0.4) is 0 Å². The smallest absolute Gasteiger partial charge is 0.244 e. The van der Waals surface area contributed by atoms with Gasteiger partial charge in [-0.05, 0) is 35.9 Å². The molecule has 2 heterocycles. The summed E-state index contributed by atoms with van der Waals surface area (Å²) in [6.07, 6.45) is 1.52. The fourth-order valence-electron chi connectivity index (χ4n) is 2.61. The molecule has 0 saturated carbocycles. The van der Waals surface area contributed by atoms with Gasteiger partial charge in [-0.2, -0.15) is 4.31 Å². The van der Waals surface area contributed by atoms with Gasteiger partial charge >= 0.3 is 0 Å². The van der Waals surface area contributed by atoms with Crippen LogP contribution in [0.1, 0.15) is 19.4 Å². The molecule has 0 N–H and O–H groups in total. The zero-order valence-corrected chi connectivity index (χ0v) is 18.0. The lowest BCUT2D eigenvalue weighted by Crippen LogP contribution is -2.30. The SMILES string of the molecule is CCN(CC)S(=O)(=O)c1ccc2nnc(SCc3cc(Br)ccc3F)n2c1. The van der Waals surface area contributed by atoms with E-state index in [4.69, 9.17) is 0 Å². The molecule has 0 unspecified atom stereocenters. The molecule has 0 atom stereocenters. The summed E-state index contributed by atoms with van der Waals surface area (Å²) in [5.74, 6) is 0.0448. The number of pyridine rings is 1. The van der Waals surface area contributed by atoms with Gasteiger partial charge in [-0.3, -0.25) is 4.40 Å². The molecule has 0 saturated heterocycles. The van der Waals surface area contributed by atoms with Gasteiger partial charge in [-0.15, -0.1) is 10.2 Å². The average Bonchev–Trinajstić information content (AvgIpc) is 3.05. The van der Waals surface area contributed by atoms with Crippen LogP contribution in [0.5, 0.6) is 0 Å². The number of hydrogen-bond donors (Lipinski definition) is 0. The van der Waals surface area contributed by atoms with Crippen molar-refractivity contribution in [3.63, 3.8) is 0 Å². The van der Waals surface area contributed by atoms with Crippen molar-refractivity contribution in [3.05, 3.63) is 52.4 Å². The predicted molar refractivity (Wildman–Crippen MR) is 107 cm³/mol. The molecule has 0 aliphatic heterocycles. The van der Waals surface area contributed by atoms with Gasteiger partial charge in [0.15, 0.2) is 10.8 Å². The Balaban J connectivity index is 1.92. The van der Waals surface area contributed by atoms with Crippen LogP contribution in [0, 0.1) is 5.82 Å². The van der Waals surface area contributed by atoms with Crippen molar-refractivity contribution in [2.45, 2.75) is 29.7 Å². The quantitative estimate of drug-likeness (QED) is 0.486. The average molecular weight is 473 g/mol. The molecule has 3 rings (SSSR count). The number of rotatable bonds is 7. The Kier molecular flexibility index (Phi) is 6.19. The van der Waals surface area contributed by atoms with Gasteiger partial charge in [-0.25, -0.2) is 12.8 Å². The molecular weight excluding hydrogens is 455 g/mol. The number of thioether (sulfide) groups is 1. The van der Waals surface area contributed by atoms with Crippen LogP contribution in [-0.4, -0.2) is 40.4 Å². The van der Waals surface area contributed by atoms with Crippen LogP contribution in [0.4, 0.5) is 4.39 Å². The Morgan fingerprint density at radius 2 is 1.93 bits per heavy atom. The van der Waals surface area contributed by atoms with Gasteiger partial charge in [0, 0.05) is 29.5 Å². The minimum atomic E-state index is -3.59. The molecule has 3 aromatic rings. The maximum atomic E-state index is 13.9. The van der Waals surface area contributed by atoms with E-state index in [0.717, 1.165) is 4.47 Å². The Morgan fingerprint density at radius 1 is 1.19 bits per heavy atom. The summed E-state index contributed by atoms with van der Waals surface area (Å²) < 4.78 is 43.2. The molecule has 144 valence electrons. The van der Waals surface area contributed by atoms with Crippen molar-refractivity contribution in [2.75, 3.05) is 13.1 Å². The van der Waals surface area contributed by atoms with Crippen LogP contribution in [0.15, 0.2) is 51.1 Å². The van der Waals surface area contributed by atoms with Crippen LogP contribution in [0.2, 0.25) is 0 Å². The monoisotopic (exact) mass is 472 g/mol. The van der Waals surface area contributed by atoms with E-state index < -0.39 is 10.0 Å². The molecule has 0 spiro atoms. The first-order chi connectivity index (χ1) is 12.9. The normalized spacial score (nSPS) is 12.2. The van der Waals surface area contributed by atoms with E-state index in [1.54, 1.807) is 36.4 Å². The number of nitrogens with zero attached hydrogens (tertiary/aromatic N) is 4. The maximum absolute atomic E-state index is 13.9. The molecule has 0 aliphatic rings. The van der Waals surface area contributed by atoms with Crippen molar-refractivity contribution < 1.29 is 12.8 Å². The highest BCUT2D eigenvalue weighted by atomic mass is 79.9. The molecule has 27 heavy (non-hydrogen) atoms. The van der Waals surface area contributed by atoms with Crippen molar-refractivity contribution in [2.24, 2.45) is 0 Å². The maximum Gasteiger partial charge on any atom is 0.244 e. The Labute approximate surface area is 170 Å². The molecule has 0 radical (unpaired) electrons. The third-order valence-electron chi connectivity index (χ3n) is 4.05. The molecular formula is C17H18BrFN4O2S2. The number of fused-ring (bicyclic) bond motifs is 1. The summed E-state index contributed by atoms with van der Waals surface area (Å²) in [5, 5.41) is 8.66. The van der Waals surface area contributed by atoms with Gasteiger partial charge in [0.05, 0.1) is 4.90 Å². The predicted octanol–water partition coefficient (Wildman–Crippen LogP) is 3.95. The van der Waals surface area contributed by atoms with Crippen molar-refractivity contribution >= 4 is 43.4 Å². The fraction of sp³-hybridized carbons (Fsp3) is 0.294. The van der Waals surface area contributed by atoms with E-state index in [1.807, 2.05) is 0 Å². The number of halogens is 2. The van der Waals surface area contributed by atoms with Crippen molar-refractivity contribution in [3.8, 4) is 0 Å². The highest BCUT2D eigenvalue weighted by molar-refractivity contribution is 9.10. The molecule has 10 heteroatoms. The van der Waals surface area contributed by atoms with Crippen LogP contribution in [-0.2, 0) is 15.8 Å². The number of aromatic nitrogens is 3. The summed E-state index contributed by atoms with van der Waals surface area (Å²) in [5.41, 5.74) is 1.06. The topological polar surface area (TPSA) is 67.6 Å². The lowest BCUT2D eigenvalue weighted by atomic mass is 10.2. The standard InChI is InChI=1S/C17H18BrFN4O2S2/c1-3-22(4-2)27(24,25)14-6-8-16-20-21-17(23(16)10-14)26-11-12-9-13(18)5-7-15(12)19/h5-10H,3-4,11H2,1-2H3. The van der Waals surface area contributed by atoms with Crippen molar-refractivity contribution in [1.29, 1.82) is 0 Å². The van der Waals surface area contributed by atoms with E-state index in [0.29, 0.717) is 35.2 Å². The summed E-state index contributed by atoms with van der Waals surface area (Å²) in [7, 11) is -3.59. The summed E-state index contributed by atoms with van der Waals surface area (Å²) in [6, 6.07) is 7.89. The Hall–Kier alpha value is -1.49. The second-order valence-electron chi connectivity index (χ2n) is 5.69. The van der Waals surface area contributed by atoms with E-state index in [1.165, 1.54) is 34.4 Å². The second kappa shape index (κ2) is 8.26. The molecule has 6 nitrogen and oxygen atoms in total.